The lowest BCUT2D eigenvalue weighted by molar-refractivity contribution is -0.160. The van der Waals surface area contributed by atoms with E-state index in [0.717, 1.165) is 26.1 Å². The molecular weight excluding hydrogens is 865 g/mol. The Morgan fingerprint density at radius 1 is 0.955 bits per heavy atom. The maximum Gasteiger partial charge on any atom is 0.307 e. The van der Waals surface area contributed by atoms with Gasteiger partial charge in [0.25, 0.3) is 5.91 Å². The smallest absolute Gasteiger partial charge is 0.307 e. The number of nitrogens with one attached hydrogen (secondary N) is 1. The molecule has 17 nitrogen and oxygen atoms in total. The predicted octanol–water partition coefficient (Wildman–Crippen LogP) is 5.09. The summed E-state index contributed by atoms with van der Waals surface area (Å²) in [7, 11) is 1.45. The van der Waals surface area contributed by atoms with Gasteiger partial charge in [0.2, 0.25) is 10.9 Å². The summed E-state index contributed by atoms with van der Waals surface area (Å²) in [6.45, 7) is 18.6. The van der Waals surface area contributed by atoms with Gasteiger partial charge in [0.05, 0.1) is 35.2 Å². The van der Waals surface area contributed by atoms with Gasteiger partial charge in [-0.2, -0.15) is 0 Å². The van der Waals surface area contributed by atoms with Gasteiger partial charge in [-0.15, -0.1) is 0 Å². The summed E-state index contributed by atoms with van der Waals surface area (Å²) in [4.78, 5) is 64.6. The van der Waals surface area contributed by atoms with Crippen LogP contribution in [0.25, 0.3) is 38.7 Å². The van der Waals surface area contributed by atoms with Gasteiger partial charge in [0, 0.05) is 105 Å². The molecule has 1 saturated heterocycles. The Morgan fingerprint density at radius 3 is 2.31 bits per heavy atom. The lowest BCUT2D eigenvalue weighted by atomic mass is 9.78. The fourth-order valence-corrected chi connectivity index (χ4v) is 9.61. The van der Waals surface area contributed by atoms with Crippen molar-refractivity contribution >= 4 is 62.0 Å². The van der Waals surface area contributed by atoms with Crippen molar-refractivity contribution in [3.8, 4) is 11.5 Å². The van der Waals surface area contributed by atoms with E-state index < -0.39 is 88.1 Å². The number of phenols is 1. The molecule has 4 heterocycles. The third-order valence-corrected chi connectivity index (χ3v) is 13.7. The number of piperazine rings is 1. The molecule has 1 fully saturated rings. The van der Waals surface area contributed by atoms with Crippen molar-refractivity contribution in [3.63, 3.8) is 0 Å². The van der Waals surface area contributed by atoms with Gasteiger partial charge in [0.15, 0.2) is 22.4 Å². The number of methoxy groups -OCH3 is 1. The van der Waals surface area contributed by atoms with Crippen LogP contribution in [0.1, 0.15) is 67.4 Å². The van der Waals surface area contributed by atoms with E-state index in [-0.39, 0.29) is 60.8 Å². The van der Waals surface area contributed by atoms with Crippen LogP contribution in [0.2, 0.25) is 0 Å². The molecule has 5 bridgehead atoms. The second-order valence-corrected chi connectivity index (χ2v) is 18.4. The highest BCUT2D eigenvalue weighted by atomic mass is 16.7. The average molecular weight is 927 g/mol. The van der Waals surface area contributed by atoms with Gasteiger partial charge in [-0.25, -0.2) is 4.98 Å². The van der Waals surface area contributed by atoms with Crippen LogP contribution >= 0.6 is 0 Å². The summed E-state index contributed by atoms with van der Waals surface area (Å²) < 4.78 is 30.5. The van der Waals surface area contributed by atoms with E-state index in [9.17, 15) is 39.6 Å². The maximum atomic E-state index is 14.9. The fraction of sp³-hybridized carbons (Fsp3) is 0.500. The number of aromatic hydroxyl groups is 1. The Labute approximate surface area is 387 Å². The molecule has 1 amide bonds. The number of hydrogen-bond donors (Lipinski definition) is 5. The molecule has 0 spiro atoms. The minimum absolute atomic E-state index is 0.0403. The van der Waals surface area contributed by atoms with Crippen molar-refractivity contribution in [3.05, 3.63) is 79.5 Å². The Bertz CT molecular complexity index is 2870. The lowest BCUT2D eigenvalue weighted by Gasteiger charge is -2.38. The summed E-state index contributed by atoms with van der Waals surface area (Å²) in [5.74, 6) is -6.92. The molecule has 5 N–H and O–H groups in total. The minimum Gasteiger partial charge on any atom is -0.507 e. The molecule has 9 atom stereocenters. The molecule has 0 radical (unpaired) electrons. The van der Waals surface area contributed by atoms with Crippen LogP contribution in [0.3, 0.4) is 0 Å². The molecule has 3 aliphatic rings. The van der Waals surface area contributed by atoms with Gasteiger partial charge < -0.3 is 54.0 Å². The summed E-state index contributed by atoms with van der Waals surface area (Å²) in [6.07, 6.45) is 4.59. The number of hydrogen-bond acceptors (Lipinski definition) is 16. The number of carbonyl (C=O) groups is 2. The van der Waals surface area contributed by atoms with E-state index in [1.165, 1.54) is 59.3 Å². The predicted molar refractivity (Wildman–Crippen MR) is 254 cm³/mol. The van der Waals surface area contributed by atoms with Crippen molar-refractivity contribution < 1.29 is 53.4 Å². The highest BCUT2D eigenvalue weighted by molar-refractivity contribution is 6.16. The van der Waals surface area contributed by atoms with Crippen LogP contribution in [-0.2, 0) is 23.8 Å². The van der Waals surface area contributed by atoms with Crippen LogP contribution in [0.4, 0.5) is 11.4 Å². The van der Waals surface area contributed by atoms with Gasteiger partial charge in [-0.1, -0.05) is 52.8 Å². The molecule has 3 aromatic carbocycles. The number of ether oxygens (including phenoxy) is 4. The van der Waals surface area contributed by atoms with Crippen LogP contribution in [0.15, 0.2) is 62.3 Å². The highest BCUT2D eigenvalue weighted by Gasteiger charge is 2.44. The Kier molecular flexibility index (Phi) is 14.1. The number of fused-ring (bicyclic) bond motifs is 5. The largest absolute Gasteiger partial charge is 0.507 e. The van der Waals surface area contributed by atoms with Crippen LogP contribution in [0.5, 0.6) is 11.5 Å². The monoisotopic (exact) mass is 926 g/mol. The lowest BCUT2D eigenvalue weighted by Crippen LogP contribution is -2.46. The zero-order chi connectivity index (χ0) is 48.8. The van der Waals surface area contributed by atoms with Gasteiger partial charge in [0.1, 0.15) is 28.8 Å². The standard InChI is InChI=1S/C50H62N4O13/c1-11-16-53-17-19-54(20-18-53)31-22-32(56)38-34(23-31)66-47-39(51-38)35-36-43(59)29(7)46-37(35)48(61)50(9,67-46)64-21-15-33(63-10)26(4)45(65-30(8)55)28(6)42(58)27(5)41(57)24(2)13-12-14-25(3)49(62)52-40(47)44(36)60/h12-15,21-24,26-28,33,41-42,45,57-59,61H,11,16-20H2,1-10H3,(H,52,62)/b13-12+,21-15-,25-14+/t24-,26+,27+,28+,33-,41-,42+,45+,50-/m0/s1. The third-order valence-electron chi connectivity index (χ3n) is 13.7. The van der Waals surface area contributed by atoms with E-state index >= 15 is 0 Å². The molecule has 17 heteroatoms. The second-order valence-electron chi connectivity index (χ2n) is 18.4. The van der Waals surface area contributed by atoms with Crippen LogP contribution in [0, 0.1) is 30.6 Å². The first kappa shape index (κ1) is 48.9. The van der Waals surface area contributed by atoms with E-state index in [2.05, 4.69) is 22.0 Å². The Hall–Kier alpha value is -6.01. The van der Waals surface area contributed by atoms with Gasteiger partial charge in [-0.3, -0.25) is 24.1 Å². The fourth-order valence-electron chi connectivity index (χ4n) is 9.61. The summed E-state index contributed by atoms with van der Waals surface area (Å²) >= 11 is 0. The first-order chi connectivity index (χ1) is 31.7. The number of benzene rings is 3. The number of nitrogens with zero attached hydrogens (tertiary/aromatic N) is 3. The summed E-state index contributed by atoms with van der Waals surface area (Å²) in [5.41, 5.74) is -1.34. The molecule has 67 heavy (non-hydrogen) atoms. The zero-order valence-electron chi connectivity index (χ0n) is 39.7. The quantitative estimate of drug-likeness (QED) is 0.0997. The first-order valence-corrected chi connectivity index (χ1v) is 22.8. The molecule has 7 rings (SSSR count). The number of amides is 1. The number of aromatic nitrogens is 1. The van der Waals surface area contributed by atoms with E-state index in [0.29, 0.717) is 18.8 Å². The zero-order valence-corrected chi connectivity index (χ0v) is 39.7. The van der Waals surface area contributed by atoms with Crippen LogP contribution < -0.4 is 31.0 Å². The molecular formula is C50H62N4O13. The highest BCUT2D eigenvalue weighted by Crippen LogP contribution is 2.42. The average Bonchev–Trinajstić information content (AvgIpc) is 3.56. The third kappa shape index (κ3) is 9.09. The summed E-state index contributed by atoms with van der Waals surface area (Å²) in [5, 5.41) is 49.3. The number of carbonyl (C=O) groups excluding carboxylic acids is 2. The molecule has 0 aliphatic carbocycles. The maximum absolute atomic E-state index is 14.9. The molecule has 3 aliphatic heterocycles. The molecule has 360 valence electrons. The number of allylic oxidation sites excluding steroid dienone is 2. The Morgan fingerprint density at radius 2 is 1.66 bits per heavy atom. The van der Waals surface area contributed by atoms with Crippen molar-refractivity contribution in [2.75, 3.05) is 50.1 Å². The topological polar surface area (TPSA) is 231 Å². The number of aliphatic hydroxyl groups excluding tert-OH is 3. The Balaban J connectivity index is 1.46. The van der Waals surface area contributed by atoms with Crippen molar-refractivity contribution in [2.24, 2.45) is 23.7 Å². The summed E-state index contributed by atoms with van der Waals surface area (Å²) in [6, 6.07) is 3.15. The van der Waals surface area contributed by atoms with Gasteiger partial charge in [-0.05, 0) is 32.9 Å². The number of anilines is 2. The van der Waals surface area contributed by atoms with Crippen molar-refractivity contribution in [2.45, 2.75) is 98.9 Å². The number of aliphatic hydroxyl groups is 3. The van der Waals surface area contributed by atoms with Crippen LogP contribution in [-0.4, -0.2) is 112 Å². The molecule has 1 aromatic heterocycles. The number of phenolic OH excluding ortho intramolecular Hbond substituents is 1. The normalized spacial score (nSPS) is 29.7. The number of rotatable bonds is 5. The van der Waals surface area contributed by atoms with Gasteiger partial charge >= 0.3 is 11.8 Å². The second kappa shape index (κ2) is 19.3. The van der Waals surface area contributed by atoms with E-state index in [1.807, 2.05) is 0 Å². The van der Waals surface area contributed by atoms with Crippen molar-refractivity contribution in [1.29, 1.82) is 0 Å². The SMILES string of the molecule is CCCN1CCN(c2cc(=O)c3nc4c(oc3c2)c2c(=O)c3c(O)c(C)c5c(c34)=C(O)[C@@](C)(O/C=C\[C@H](OC)[C@@H](C)[C@@H](OC(C)=O)[C@H](C)[C@H](O)[C@H](C)[C@@H](O)[C@@H](C)/C=C/C=C(\C)C(=O)N2)O5)CC1. The number of esters is 1. The molecule has 4 aromatic rings. The first-order valence-electron chi connectivity index (χ1n) is 22.8. The molecule has 0 unspecified atom stereocenters. The van der Waals surface area contributed by atoms with E-state index in [1.54, 1.807) is 45.9 Å². The molecule has 0 saturated carbocycles. The van der Waals surface area contributed by atoms with Crippen molar-refractivity contribution in [1.82, 2.24) is 9.88 Å². The van der Waals surface area contributed by atoms with E-state index in [4.69, 9.17) is 28.3 Å². The minimum atomic E-state index is -1.98.